The SMILES string of the molecule is CC(C)C(CCl)NS(=O)(=O)c1ccc(Br)cc1F. The van der Waals surface area contributed by atoms with Crippen molar-refractivity contribution in [3.05, 3.63) is 28.5 Å². The van der Waals surface area contributed by atoms with Gasteiger partial charge in [0.15, 0.2) is 0 Å². The lowest BCUT2D eigenvalue weighted by Gasteiger charge is -2.19. The van der Waals surface area contributed by atoms with Crippen LogP contribution in [0.5, 0.6) is 0 Å². The third-order valence-electron chi connectivity index (χ3n) is 2.46. The van der Waals surface area contributed by atoms with E-state index in [9.17, 15) is 12.8 Å². The van der Waals surface area contributed by atoms with Crippen molar-refractivity contribution in [3.8, 4) is 0 Å². The molecule has 0 aromatic heterocycles. The molecule has 102 valence electrons. The van der Waals surface area contributed by atoms with E-state index in [0.29, 0.717) is 4.47 Å². The molecule has 0 fully saturated rings. The number of sulfonamides is 1. The molecule has 7 heteroatoms. The highest BCUT2D eigenvalue weighted by Crippen LogP contribution is 2.20. The molecule has 1 aromatic carbocycles. The smallest absolute Gasteiger partial charge is 0.207 e. The zero-order valence-corrected chi connectivity index (χ0v) is 13.1. The zero-order chi connectivity index (χ0) is 13.9. The fourth-order valence-electron chi connectivity index (χ4n) is 1.30. The van der Waals surface area contributed by atoms with Gasteiger partial charge >= 0.3 is 0 Å². The van der Waals surface area contributed by atoms with Crippen molar-refractivity contribution < 1.29 is 12.8 Å². The van der Waals surface area contributed by atoms with Crippen LogP contribution in [0.4, 0.5) is 4.39 Å². The van der Waals surface area contributed by atoms with Gasteiger partial charge in [-0.1, -0.05) is 29.8 Å². The minimum absolute atomic E-state index is 0.0239. The molecule has 0 saturated heterocycles. The Kier molecular flexibility index (Phi) is 5.58. The summed E-state index contributed by atoms with van der Waals surface area (Å²) in [5.41, 5.74) is 0. The van der Waals surface area contributed by atoms with Gasteiger partial charge in [-0.2, -0.15) is 0 Å². The number of halogens is 3. The number of rotatable bonds is 5. The van der Waals surface area contributed by atoms with Crippen LogP contribution in [0.2, 0.25) is 0 Å². The lowest BCUT2D eigenvalue weighted by atomic mass is 10.1. The van der Waals surface area contributed by atoms with Gasteiger partial charge in [-0.25, -0.2) is 17.5 Å². The predicted octanol–water partition coefficient (Wildman–Crippen LogP) is 3.13. The second-order valence-electron chi connectivity index (χ2n) is 4.20. The third-order valence-corrected chi connectivity index (χ3v) is 4.81. The van der Waals surface area contributed by atoms with Crippen LogP contribution in [0.15, 0.2) is 27.6 Å². The van der Waals surface area contributed by atoms with E-state index >= 15 is 0 Å². The Morgan fingerprint density at radius 2 is 2.06 bits per heavy atom. The third kappa shape index (κ3) is 3.91. The van der Waals surface area contributed by atoms with Gasteiger partial charge in [0.25, 0.3) is 0 Å². The van der Waals surface area contributed by atoms with Crippen molar-refractivity contribution in [1.82, 2.24) is 4.72 Å². The maximum Gasteiger partial charge on any atom is 0.243 e. The van der Waals surface area contributed by atoms with Gasteiger partial charge in [0.05, 0.1) is 0 Å². The first-order valence-electron chi connectivity index (χ1n) is 5.31. The highest BCUT2D eigenvalue weighted by Gasteiger charge is 2.24. The molecule has 0 spiro atoms. The summed E-state index contributed by atoms with van der Waals surface area (Å²) in [4.78, 5) is -0.374. The number of alkyl halides is 1. The molecule has 18 heavy (non-hydrogen) atoms. The van der Waals surface area contributed by atoms with Crippen LogP contribution in [-0.2, 0) is 10.0 Å². The van der Waals surface area contributed by atoms with Crippen molar-refractivity contribution in [1.29, 1.82) is 0 Å². The first-order chi connectivity index (χ1) is 8.27. The average Bonchev–Trinajstić information content (AvgIpc) is 2.24. The Morgan fingerprint density at radius 3 is 2.50 bits per heavy atom. The molecule has 1 atom stereocenters. The molecule has 3 nitrogen and oxygen atoms in total. The van der Waals surface area contributed by atoms with Crippen LogP contribution >= 0.6 is 27.5 Å². The quantitative estimate of drug-likeness (QED) is 0.822. The van der Waals surface area contributed by atoms with Crippen molar-refractivity contribution in [2.24, 2.45) is 5.92 Å². The van der Waals surface area contributed by atoms with Crippen molar-refractivity contribution in [3.63, 3.8) is 0 Å². The van der Waals surface area contributed by atoms with E-state index in [1.165, 1.54) is 12.1 Å². The Bertz CT molecular complexity index is 522. The molecule has 1 N–H and O–H groups in total. The van der Waals surface area contributed by atoms with E-state index in [4.69, 9.17) is 11.6 Å². The summed E-state index contributed by atoms with van der Waals surface area (Å²) in [7, 11) is -3.89. The molecule has 0 saturated carbocycles. The van der Waals surface area contributed by atoms with Gasteiger partial charge in [-0.05, 0) is 24.1 Å². The van der Waals surface area contributed by atoms with E-state index in [1.807, 2.05) is 13.8 Å². The normalized spacial score (nSPS) is 13.9. The number of nitrogens with one attached hydrogen (secondary N) is 1. The summed E-state index contributed by atoms with van der Waals surface area (Å²) in [6.07, 6.45) is 0. The minimum atomic E-state index is -3.89. The van der Waals surface area contributed by atoms with E-state index in [1.54, 1.807) is 0 Å². The van der Waals surface area contributed by atoms with Crippen LogP contribution in [0.25, 0.3) is 0 Å². The fraction of sp³-hybridized carbons (Fsp3) is 0.455. The summed E-state index contributed by atoms with van der Waals surface area (Å²) in [5.74, 6) is -0.639. The zero-order valence-electron chi connectivity index (χ0n) is 9.95. The van der Waals surface area contributed by atoms with Gasteiger partial charge in [0, 0.05) is 16.4 Å². The number of hydrogen-bond acceptors (Lipinski definition) is 2. The lowest BCUT2D eigenvalue weighted by molar-refractivity contribution is 0.476. The molecule has 0 aliphatic carbocycles. The van der Waals surface area contributed by atoms with E-state index < -0.39 is 21.9 Å². The molecule has 0 bridgehead atoms. The monoisotopic (exact) mass is 357 g/mol. The Hall–Kier alpha value is -0.170. The molecule has 1 unspecified atom stereocenters. The molecule has 1 aromatic rings. The first kappa shape index (κ1) is 15.9. The molecular weight excluding hydrogens is 345 g/mol. The van der Waals surface area contributed by atoms with Crippen molar-refractivity contribution in [2.45, 2.75) is 24.8 Å². The highest BCUT2D eigenvalue weighted by atomic mass is 79.9. The van der Waals surface area contributed by atoms with E-state index in [-0.39, 0.29) is 16.7 Å². The fourth-order valence-corrected chi connectivity index (χ4v) is 3.60. The maximum absolute atomic E-state index is 13.6. The number of hydrogen-bond donors (Lipinski definition) is 1. The average molecular weight is 359 g/mol. The molecule has 0 amide bonds. The van der Waals surface area contributed by atoms with Gasteiger partial charge in [0.2, 0.25) is 10.0 Å². The van der Waals surface area contributed by atoms with E-state index in [0.717, 1.165) is 6.07 Å². The maximum atomic E-state index is 13.6. The number of benzene rings is 1. The Balaban J connectivity index is 3.06. The summed E-state index contributed by atoms with van der Waals surface area (Å²) in [6, 6.07) is 3.37. The Labute approximate surface area is 120 Å². The summed E-state index contributed by atoms with van der Waals surface area (Å²) in [6.45, 7) is 3.68. The highest BCUT2D eigenvalue weighted by molar-refractivity contribution is 9.10. The first-order valence-corrected chi connectivity index (χ1v) is 8.12. The second kappa shape index (κ2) is 6.32. The Morgan fingerprint density at radius 1 is 1.44 bits per heavy atom. The topological polar surface area (TPSA) is 46.2 Å². The van der Waals surface area contributed by atoms with E-state index in [2.05, 4.69) is 20.7 Å². The van der Waals surface area contributed by atoms with Gasteiger partial charge < -0.3 is 0 Å². The standard InChI is InChI=1S/C11H14BrClFNO2S/c1-7(2)10(6-13)15-18(16,17)11-4-3-8(12)5-9(11)14/h3-5,7,10,15H,6H2,1-2H3. The van der Waals surface area contributed by atoms with Crippen molar-refractivity contribution in [2.75, 3.05) is 5.88 Å². The summed E-state index contributed by atoms with van der Waals surface area (Å²) in [5, 5.41) is 0. The molecule has 0 aliphatic heterocycles. The molecule has 0 radical (unpaired) electrons. The lowest BCUT2D eigenvalue weighted by Crippen LogP contribution is -2.40. The summed E-state index contributed by atoms with van der Waals surface area (Å²) >= 11 is 8.77. The second-order valence-corrected chi connectivity index (χ2v) is 7.11. The van der Waals surface area contributed by atoms with Crippen molar-refractivity contribution >= 4 is 37.6 Å². The van der Waals surface area contributed by atoms with Crippen LogP contribution in [0.3, 0.4) is 0 Å². The van der Waals surface area contributed by atoms with Crippen LogP contribution in [0, 0.1) is 11.7 Å². The van der Waals surface area contributed by atoms with Gasteiger partial charge in [0.1, 0.15) is 10.7 Å². The minimum Gasteiger partial charge on any atom is -0.207 e. The molecule has 0 aliphatic rings. The van der Waals surface area contributed by atoms with Gasteiger partial charge in [-0.15, -0.1) is 11.6 Å². The van der Waals surface area contributed by atoms with Crippen LogP contribution in [0.1, 0.15) is 13.8 Å². The largest absolute Gasteiger partial charge is 0.243 e. The molecular formula is C11H14BrClFNO2S. The van der Waals surface area contributed by atoms with Crippen LogP contribution < -0.4 is 4.72 Å². The predicted molar refractivity (Wildman–Crippen MR) is 73.8 cm³/mol. The summed E-state index contributed by atoms with van der Waals surface area (Å²) < 4.78 is 40.5. The molecule has 0 heterocycles. The molecule has 1 rings (SSSR count). The van der Waals surface area contributed by atoms with Gasteiger partial charge in [-0.3, -0.25) is 0 Å². The van der Waals surface area contributed by atoms with Crippen LogP contribution in [-0.4, -0.2) is 20.3 Å².